The summed E-state index contributed by atoms with van der Waals surface area (Å²) in [5.74, 6) is 0. The molecule has 0 bridgehead atoms. The van der Waals surface area contributed by atoms with Crippen LogP contribution in [0.2, 0.25) is 0 Å². The summed E-state index contributed by atoms with van der Waals surface area (Å²) in [5, 5.41) is 3.22. The first kappa shape index (κ1) is 16.8. The molecule has 0 spiro atoms. The van der Waals surface area contributed by atoms with E-state index in [0.717, 1.165) is 0 Å². The molecule has 0 saturated heterocycles. The van der Waals surface area contributed by atoms with Crippen LogP contribution in [0.1, 0.15) is 20.3 Å². The normalized spacial score (nSPS) is 15.1. The van der Waals surface area contributed by atoms with Crippen molar-refractivity contribution >= 4 is 28.5 Å². The van der Waals surface area contributed by atoms with Gasteiger partial charge in [-0.2, -0.15) is 0 Å². The van der Waals surface area contributed by atoms with E-state index in [0.29, 0.717) is 12.1 Å². The van der Waals surface area contributed by atoms with E-state index in [9.17, 15) is 0 Å². The molecule has 0 fully saturated rings. The number of nitrogens with one attached hydrogen (secondary N) is 1. The fourth-order valence-electron chi connectivity index (χ4n) is 0.840. The summed E-state index contributed by atoms with van der Waals surface area (Å²) in [7, 11) is 7.49. The van der Waals surface area contributed by atoms with Crippen LogP contribution in [-0.2, 0) is 10.9 Å². The molecule has 0 rings (SSSR count). The molecule has 2 nitrogen and oxygen atoms in total. The Morgan fingerprint density at radius 3 is 1.92 bits per heavy atom. The summed E-state index contributed by atoms with van der Waals surface area (Å²) in [6, 6.07) is 1.29. The first-order valence-electron chi connectivity index (χ1n) is 4.15. The third-order valence-corrected chi connectivity index (χ3v) is 2.07. The molecule has 0 aliphatic carbocycles. The Morgan fingerprint density at radius 2 is 1.69 bits per heavy atom. The molecule has 0 aliphatic rings. The number of rotatable bonds is 4. The molecule has 84 valence electrons. The van der Waals surface area contributed by atoms with Crippen molar-refractivity contribution in [2.75, 3.05) is 21.1 Å². The average molecular weight is 363 g/mol. The Balaban J connectivity index is 0. The molecule has 13 heavy (non-hydrogen) atoms. The Hall–Kier alpha value is 1.37. The van der Waals surface area contributed by atoms with E-state index in [2.05, 4.69) is 66.6 Å². The fourth-order valence-corrected chi connectivity index (χ4v) is 0.840. The van der Waals surface area contributed by atoms with Gasteiger partial charge in [-0.3, -0.25) is 0 Å². The van der Waals surface area contributed by atoms with Crippen LogP contribution in [0.15, 0.2) is 0 Å². The van der Waals surface area contributed by atoms with E-state index in [1.807, 2.05) is 7.05 Å². The van der Waals surface area contributed by atoms with Gasteiger partial charge in [-0.25, -0.2) is 0 Å². The van der Waals surface area contributed by atoms with Crippen LogP contribution in [0.25, 0.3) is 0 Å². The van der Waals surface area contributed by atoms with Crippen molar-refractivity contribution in [2.24, 2.45) is 0 Å². The third kappa shape index (κ3) is 13.4. The third-order valence-electron chi connectivity index (χ3n) is 2.07. The molecule has 0 heterocycles. The standard InChI is InChI=1S/C8H20N2.2BrH.Ni/c1-7(9-3)6-8(2)10(4)5;;;/h7-9H,6H2,1-5H3;2*1H;/q;;;+4/p-2. The summed E-state index contributed by atoms with van der Waals surface area (Å²) in [5.41, 5.74) is 0. The van der Waals surface area contributed by atoms with Crippen LogP contribution < -0.4 is 5.32 Å². The van der Waals surface area contributed by atoms with E-state index >= 15 is 0 Å². The molecule has 0 saturated carbocycles. The Labute approximate surface area is 103 Å². The fraction of sp³-hybridized carbons (Fsp3) is 1.00. The molecule has 0 aliphatic heterocycles. The summed E-state index contributed by atoms with van der Waals surface area (Å²) >= 11 is 6.00. The molecule has 1 N–H and O–H groups in total. The van der Waals surface area contributed by atoms with Gasteiger partial charge in [0.15, 0.2) is 0 Å². The summed E-state index contributed by atoms with van der Waals surface area (Å²) in [4.78, 5) is 2.24. The Morgan fingerprint density at radius 1 is 1.31 bits per heavy atom. The quantitative estimate of drug-likeness (QED) is 0.773. The summed E-state index contributed by atoms with van der Waals surface area (Å²) < 4.78 is 0. The van der Waals surface area contributed by atoms with Gasteiger partial charge in [-0.05, 0) is 41.4 Å². The number of hydrogen-bond donors (Lipinski definition) is 1. The zero-order chi connectivity index (χ0) is 10.9. The average Bonchev–Trinajstić information content (AvgIpc) is 2.05. The van der Waals surface area contributed by atoms with Crippen molar-refractivity contribution in [2.45, 2.75) is 32.4 Å². The number of hydrogen-bond acceptors (Lipinski definition) is 2. The van der Waals surface area contributed by atoms with Gasteiger partial charge in [0.2, 0.25) is 0 Å². The van der Waals surface area contributed by atoms with Crippen LogP contribution in [0.4, 0.5) is 0 Å². The van der Waals surface area contributed by atoms with Crippen molar-refractivity contribution in [3.63, 3.8) is 0 Å². The molecule has 0 aromatic carbocycles. The molecule has 2 atom stereocenters. The van der Waals surface area contributed by atoms with E-state index < -0.39 is 0 Å². The van der Waals surface area contributed by atoms with Gasteiger partial charge < -0.3 is 10.2 Å². The predicted molar refractivity (Wildman–Crippen MR) is 64.1 cm³/mol. The van der Waals surface area contributed by atoms with Crippen LogP contribution in [0, 0.1) is 0 Å². The van der Waals surface area contributed by atoms with Gasteiger partial charge in [-0.15, -0.1) is 0 Å². The summed E-state index contributed by atoms with van der Waals surface area (Å²) in [6.45, 7) is 4.45. The van der Waals surface area contributed by atoms with Gasteiger partial charge in [0, 0.05) is 12.1 Å². The monoisotopic (exact) mass is 360 g/mol. The van der Waals surface area contributed by atoms with Crippen molar-refractivity contribution in [3.8, 4) is 0 Å². The first-order chi connectivity index (χ1) is 5.99. The van der Waals surface area contributed by atoms with Crippen molar-refractivity contribution in [1.29, 1.82) is 0 Å². The second-order valence-corrected chi connectivity index (χ2v) is 8.27. The van der Waals surface area contributed by atoms with E-state index in [-0.39, 0.29) is 0 Å². The van der Waals surface area contributed by atoms with Crippen molar-refractivity contribution in [3.05, 3.63) is 0 Å². The van der Waals surface area contributed by atoms with Crippen LogP contribution in [0.3, 0.4) is 0 Å². The molecule has 5 heteroatoms. The van der Waals surface area contributed by atoms with Crippen LogP contribution in [0.5, 0.6) is 0 Å². The van der Waals surface area contributed by atoms with Gasteiger partial charge in [0.1, 0.15) is 0 Å². The zero-order valence-corrected chi connectivity index (χ0v) is 13.0. The van der Waals surface area contributed by atoms with Crippen LogP contribution in [-0.4, -0.2) is 38.1 Å². The number of nitrogens with zero attached hydrogens (tertiary/aromatic N) is 1. The van der Waals surface area contributed by atoms with Gasteiger partial charge in [-0.1, -0.05) is 0 Å². The second kappa shape index (κ2) is 11.4. The van der Waals surface area contributed by atoms with E-state index in [1.165, 1.54) is 17.3 Å². The summed E-state index contributed by atoms with van der Waals surface area (Å²) in [6.07, 6.45) is 1.21. The van der Waals surface area contributed by atoms with Gasteiger partial charge in [0.05, 0.1) is 0 Å². The minimum atomic E-state index is 0.623. The minimum absolute atomic E-state index is 0.623. The Kier molecular flexibility index (Phi) is 14.8. The molecule has 0 amide bonds. The zero-order valence-electron chi connectivity index (χ0n) is 8.88. The second-order valence-electron chi connectivity index (χ2n) is 3.28. The molecule has 0 radical (unpaired) electrons. The first-order valence-corrected chi connectivity index (χ1v) is 9.03. The Bertz CT molecular complexity index is 104. The van der Waals surface area contributed by atoms with E-state index in [4.69, 9.17) is 0 Å². The molecular weight excluding hydrogens is 343 g/mol. The molecule has 0 aromatic rings. The van der Waals surface area contributed by atoms with Crippen LogP contribution >= 0.6 is 28.5 Å². The topological polar surface area (TPSA) is 15.3 Å². The van der Waals surface area contributed by atoms with E-state index in [1.54, 1.807) is 0 Å². The molecule has 2 unspecified atom stereocenters. The predicted octanol–water partition coefficient (Wildman–Crippen LogP) is 2.62. The maximum atomic E-state index is 3.22. The van der Waals surface area contributed by atoms with Gasteiger partial charge in [0.25, 0.3) is 0 Å². The maximum absolute atomic E-state index is 3.22. The van der Waals surface area contributed by atoms with Crippen molar-refractivity contribution < 1.29 is 10.9 Å². The van der Waals surface area contributed by atoms with Crippen molar-refractivity contribution in [1.82, 2.24) is 10.2 Å². The van der Waals surface area contributed by atoms with Gasteiger partial charge >= 0.3 is 39.3 Å². The SMILES string of the molecule is CNC(C)CC(C)N(C)C.[Br][Ni+2][Br]. The molecule has 0 aromatic heterocycles. The number of halogens is 2. The molecular formula is C8H20Br2N2Ni+2.